The van der Waals surface area contributed by atoms with E-state index in [1.54, 1.807) is 35.6 Å². The average molecular weight is 391 g/mol. The lowest BCUT2D eigenvalue weighted by Crippen LogP contribution is -2.31. The number of Topliss-reactive ketones (excluding diaryl/α,β-unsaturated/α-hetero) is 1. The Balaban J connectivity index is 1.45. The van der Waals surface area contributed by atoms with Gasteiger partial charge in [-0.3, -0.25) is 9.59 Å². The van der Waals surface area contributed by atoms with Gasteiger partial charge in [-0.15, -0.1) is 11.3 Å². The smallest absolute Gasteiger partial charge is 0.243 e. The first-order valence-corrected chi connectivity index (χ1v) is 10.1. The van der Waals surface area contributed by atoms with E-state index in [2.05, 4.69) is 38.8 Å². The highest BCUT2D eigenvalue weighted by Crippen LogP contribution is 2.32. The molecule has 1 N–H and O–H groups in total. The van der Waals surface area contributed by atoms with Gasteiger partial charge in [-0.1, -0.05) is 18.2 Å². The highest BCUT2D eigenvalue weighted by molar-refractivity contribution is 7.09. The van der Waals surface area contributed by atoms with E-state index in [0.717, 1.165) is 34.9 Å². The summed E-state index contributed by atoms with van der Waals surface area (Å²) in [6.45, 7) is 4.62. The summed E-state index contributed by atoms with van der Waals surface area (Å²) in [6.07, 6.45) is 0.916. The molecule has 1 aromatic heterocycles. The molecule has 0 aliphatic carbocycles. The molecule has 1 aliphatic rings. The molecule has 6 heteroatoms. The van der Waals surface area contributed by atoms with E-state index in [1.807, 2.05) is 6.92 Å². The van der Waals surface area contributed by atoms with Crippen LogP contribution in [0.25, 0.3) is 11.3 Å². The van der Waals surface area contributed by atoms with Crippen molar-refractivity contribution in [3.05, 3.63) is 64.0 Å². The van der Waals surface area contributed by atoms with Crippen LogP contribution in [0.15, 0.2) is 47.8 Å². The number of fused-ring (bicyclic) bond motifs is 1. The van der Waals surface area contributed by atoms with Gasteiger partial charge in [0, 0.05) is 34.4 Å². The van der Waals surface area contributed by atoms with Gasteiger partial charge < -0.3 is 10.2 Å². The minimum atomic E-state index is -0.0900. The number of aromatic nitrogens is 1. The van der Waals surface area contributed by atoms with Gasteiger partial charge >= 0.3 is 0 Å². The molecular formula is C22H21N3O2S. The Kier molecular flexibility index (Phi) is 4.96. The van der Waals surface area contributed by atoms with Crippen LogP contribution in [0.3, 0.4) is 0 Å². The van der Waals surface area contributed by atoms with E-state index in [9.17, 15) is 9.59 Å². The molecule has 0 radical (unpaired) electrons. The summed E-state index contributed by atoms with van der Waals surface area (Å²) in [5.41, 5.74) is 5.71. The third kappa shape index (κ3) is 3.82. The summed E-state index contributed by atoms with van der Waals surface area (Å²) in [7, 11) is 0. The Labute approximate surface area is 168 Å². The van der Waals surface area contributed by atoms with Gasteiger partial charge in [0.05, 0.1) is 17.2 Å². The Bertz CT molecular complexity index is 1060. The van der Waals surface area contributed by atoms with E-state index >= 15 is 0 Å². The van der Waals surface area contributed by atoms with Crippen LogP contribution in [0.2, 0.25) is 0 Å². The first-order chi connectivity index (χ1) is 13.5. The monoisotopic (exact) mass is 391 g/mol. The van der Waals surface area contributed by atoms with Crippen molar-refractivity contribution in [1.29, 1.82) is 0 Å². The van der Waals surface area contributed by atoms with Crippen LogP contribution in [0.5, 0.6) is 0 Å². The molecule has 0 bridgehead atoms. The molecule has 28 heavy (non-hydrogen) atoms. The summed E-state index contributed by atoms with van der Waals surface area (Å²) in [5, 5.41) is 6.03. The van der Waals surface area contributed by atoms with Gasteiger partial charge in [0.2, 0.25) is 5.91 Å². The van der Waals surface area contributed by atoms with E-state index in [4.69, 9.17) is 0 Å². The SMILES string of the molecule is CC(=O)c1cccc(NC(=O)CN2CCc3cc(-c4csc(C)n4)ccc32)c1. The number of rotatable bonds is 5. The number of ketones is 1. The van der Waals surface area contributed by atoms with E-state index in [-0.39, 0.29) is 18.2 Å². The zero-order valence-electron chi connectivity index (χ0n) is 15.9. The second-order valence-corrected chi connectivity index (χ2v) is 8.01. The summed E-state index contributed by atoms with van der Waals surface area (Å²) in [5.74, 6) is -0.108. The molecule has 0 unspecified atom stereocenters. The third-order valence-electron chi connectivity index (χ3n) is 4.87. The van der Waals surface area contributed by atoms with Crippen molar-refractivity contribution in [3.8, 4) is 11.3 Å². The second kappa shape index (κ2) is 7.56. The Morgan fingerprint density at radius 1 is 1.21 bits per heavy atom. The number of aryl methyl sites for hydroxylation is 1. The Morgan fingerprint density at radius 3 is 2.82 bits per heavy atom. The maximum Gasteiger partial charge on any atom is 0.243 e. The highest BCUT2D eigenvalue weighted by Gasteiger charge is 2.22. The topological polar surface area (TPSA) is 62.3 Å². The van der Waals surface area contributed by atoms with E-state index in [1.165, 1.54) is 12.5 Å². The minimum absolute atomic E-state index is 0.0179. The fourth-order valence-electron chi connectivity index (χ4n) is 3.48. The normalized spacial score (nSPS) is 12.7. The van der Waals surface area contributed by atoms with Gasteiger partial charge in [0.1, 0.15) is 0 Å². The van der Waals surface area contributed by atoms with Gasteiger partial charge in [0.25, 0.3) is 0 Å². The molecule has 1 amide bonds. The number of thiazole rings is 1. The lowest BCUT2D eigenvalue weighted by atomic mass is 10.1. The molecular weight excluding hydrogens is 370 g/mol. The van der Waals surface area contributed by atoms with Crippen molar-refractivity contribution in [2.24, 2.45) is 0 Å². The molecule has 0 spiro atoms. The van der Waals surface area contributed by atoms with Crippen molar-refractivity contribution in [2.45, 2.75) is 20.3 Å². The number of nitrogens with one attached hydrogen (secondary N) is 1. The van der Waals surface area contributed by atoms with Crippen molar-refractivity contribution < 1.29 is 9.59 Å². The van der Waals surface area contributed by atoms with Crippen LogP contribution in [0, 0.1) is 6.92 Å². The molecule has 2 heterocycles. The van der Waals surface area contributed by atoms with Crippen molar-refractivity contribution in [1.82, 2.24) is 4.98 Å². The van der Waals surface area contributed by atoms with Crippen LogP contribution >= 0.6 is 11.3 Å². The summed E-state index contributed by atoms with van der Waals surface area (Å²) >= 11 is 1.65. The number of benzene rings is 2. The molecule has 0 saturated heterocycles. The van der Waals surface area contributed by atoms with E-state index < -0.39 is 0 Å². The average Bonchev–Trinajstić information content (AvgIpc) is 3.28. The molecule has 142 valence electrons. The first kappa shape index (κ1) is 18.4. The van der Waals surface area contributed by atoms with Crippen LogP contribution in [0.1, 0.15) is 27.9 Å². The molecule has 0 atom stereocenters. The maximum absolute atomic E-state index is 12.5. The number of anilines is 2. The number of nitrogens with zero attached hydrogens (tertiary/aromatic N) is 2. The van der Waals surface area contributed by atoms with Crippen molar-refractivity contribution >= 4 is 34.4 Å². The molecule has 5 nitrogen and oxygen atoms in total. The standard InChI is InChI=1S/C22H21N3O2S/c1-14(26)16-4-3-5-19(11-16)24-22(27)12-25-9-8-18-10-17(6-7-21(18)25)20-13-28-15(2)23-20/h3-7,10-11,13H,8-9,12H2,1-2H3,(H,24,27). The van der Waals surface area contributed by atoms with Gasteiger partial charge in [-0.05, 0) is 50.1 Å². The zero-order chi connectivity index (χ0) is 19.7. The minimum Gasteiger partial charge on any atom is -0.362 e. The lowest BCUT2D eigenvalue weighted by Gasteiger charge is -2.19. The van der Waals surface area contributed by atoms with Crippen molar-refractivity contribution in [2.75, 3.05) is 23.3 Å². The number of carbonyl (C=O) groups is 2. The first-order valence-electron chi connectivity index (χ1n) is 9.21. The predicted octanol–water partition coefficient (Wildman–Crippen LogP) is 4.32. The van der Waals surface area contributed by atoms with Crippen LogP contribution in [-0.4, -0.2) is 29.8 Å². The quantitative estimate of drug-likeness (QED) is 0.658. The fourth-order valence-corrected chi connectivity index (χ4v) is 4.10. The molecule has 0 fully saturated rings. The van der Waals surface area contributed by atoms with Crippen molar-refractivity contribution in [3.63, 3.8) is 0 Å². The predicted molar refractivity (Wildman–Crippen MR) is 113 cm³/mol. The van der Waals surface area contributed by atoms with E-state index in [0.29, 0.717) is 11.3 Å². The Morgan fingerprint density at radius 2 is 2.07 bits per heavy atom. The molecule has 3 aromatic rings. The number of hydrogen-bond acceptors (Lipinski definition) is 5. The summed E-state index contributed by atoms with van der Waals surface area (Å²) < 4.78 is 0. The van der Waals surface area contributed by atoms with Crippen LogP contribution in [-0.2, 0) is 11.2 Å². The highest BCUT2D eigenvalue weighted by atomic mass is 32.1. The van der Waals surface area contributed by atoms with Crippen LogP contribution in [0.4, 0.5) is 11.4 Å². The van der Waals surface area contributed by atoms with Gasteiger partial charge in [0.15, 0.2) is 5.78 Å². The molecule has 1 aliphatic heterocycles. The number of hydrogen-bond donors (Lipinski definition) is 1. The van der Waals surface area contributed by atoms with Gasteiger partial charge in [-0.25, -0.2) is 4.98 Å². The molecule has 0 saturated carbocycles. The van der Waals surface area contributed by atoms with Gasteiger partial charge in [-0.2, -0.15) is 0 Å². The number of carbonyl (C=O) groups excluding carboxylic acids is 2. The molecule has 2 aromatic carbocycles. The number of amides is 1. The Hall–Kier alpha value is -2.99. The van der Waals surface area contributed by atoms with Crippen LogP contribution < -0.4 is 10.2 Å². The fraction of sp³-hybridized carbons (Fsp3) is 0.227. The largest absolute Gasteiger partial charge is 0.362 e. The second-order valence-electron chi connectivity index (χ2n) is 6.95. The summed E-state index contributed by atoms with van der Waals surface area (Å²) in [6, 6.07) is 13.4. The molecule has 4 rings (SSSR count). The lowest BCUT2D eigenvalue weighted by molar-refractivity contribution is -0.115. The zero-order valence-corrected chi connectivity index (χ0v) is 16.7. The summed E-state index contributed by atoms with van der Waals surface area (Å²) in [4.78, 5) is 30.7. The third-order valence-corrected chi connectivity index (χ3v) is 5.65. The maximum atomic E-state index is 12.5.